The van der Waals surface area contributed by atoms with Gasteiger partial charge in [-0.2, -0.15) is 18.2 Å². The van der Waals surface area contributed by atoms with Crippen molar-refractivity contribution in [3.63, 3.8) is 0 Å². The Morgan fingerprint density at radius 2 is 1.14 bits per heavy atom. The zero-order valence-corrected chi connectivity index (χ0v) is 47.2. The number of rotatable bonds is 10. The van der Waals surface area contributed by atoms with E-state index >= 15 is 0 Å². The second-order valence-corrected chi connectivity index (χ2v) is 20.7. The van der Waals surface area contributed by atoms with E-state index in [0.29, 0.717) is 33.0 Å². The summed E-state index contributed by atoms with van der Waals surface area (Å²) in [5, 5.41) is 0.906. The van der Waals surface area contributed by atoms with Gasteiger partial charge in [-0.3, -0.25) is 4.57 Å². The fourth-order valence-corrected chi connectivity index (χ4v) is 11.0. The number of fused-ring (bicyclic) bond motifs is 6. The zero-order valence-electron chi connectivity index (χ0n) is 97.0. The molecule has 0 saturated carbocycles. The summed E-state index contributed by atoms with van der Waals surface area (Å²) in [7, 11) is 0. The molecule has 0 amide bonds. The van der Waals surface area contributed by atoms with Gasteiger partial charge in [0.05, 0.1) is 45.5 Å². The summed E-state index contributed by atoms with van der Waals surface area (Å²) in [6, 6.07) is -0.523. The van der Waals surface area contributed by atoms with Crippen LogP contribution in [0.4, 0.5) is 0 Å². The van der Waals surface area contributed by atoms with E-state index in [1.807, 2.05) is 0 Å². The van der Waals surface area contributed by atoms with Crippen molar-refractivity contribution in [1.29, 1.82) is 0 Å². The quantitative estimate of drug-likeness (QED) is 0.101. The van der Waals surface area contributed by atoms with E-state index < -0.39 is 318 Å². The van der Waals surface area contributed by atoms with Gasteiger partial charge in [-0.15, -0.1) is 29.7 Å². The molecule has 88 heavy (non-hydrogen) atoms. The summed E-state index contributed by atoms with van der Waals surface area (Å²) < 4.78 is 491. The molecule has 10 aromatic carbocycles. The Morgan fingerprint density at radius 3 is 1.82 bits per heavy atom. The van der Waals surface area contributed by atoms with E-state index in [1.54, 1.807) is 30.3 Å². The molecule has 3 aromatic heterocycles. The van der Waals surface area contributed by atoms with E-state index in [0.717, 1.165) is 35.0 Å². The SMILES string of the molecule is [2H]c1c([2H])c([2H])c(-c2cc(-c3c([2H])c([2H])c4c(c3[2H])C(C([2H])([2H])[2H])(C([2H])([2H])[2H])CC4(C([2H])([2H])[2H])C([2H])([2H])[2H])c(-[n+]3[c-]n(-c4[c-]c(Oc5[c-]c6c(cc5)c5ccccc5n6-c5cc(C([2H])([2H])[2H])c(-c6c([2H])c([2H])c([2H])c([2H])c6[2H])cn5)ccc4)c4cc(-c5c([2H])c([2H])c([2H])c([2H])c5[2H])ccc43)c(-c3c([2H])c([2H])c4c(c3[2H])C(C([2H])([2H])[2H])(C([2H])([2H])[2H])C([2H])([2H])C([2H])([2H])C4(C([2H])([2H])[2H])C([2H])([2H])[2H])c2)c([2H])c1[2H].[Pt]. The minimum atomic E-state index is -5.07. The molecule has 0 fully saturated rings. The summed E-state index contributed by atoms with van der Waals surface area (Å²) in [6.45, 7) is -39.1. The Morgan fingerprint density at radius 1 is 0.523 bits per heavy atom. The van der Waals surface area contributed by atoms with Crippen LogP contribution in [-0.4, -0.2) is 14.1 Å². The predicted octanol–water partition coefficient (Wildman–Crippen LogP) is 20.5. The van der Waals surface area contributed by atoms with Crippen molar-refractivity contribution in [2.45, 2.75) is 102 Å². The first kappa shape index (κ1) is 23.2. The Balaban J connectivity index is 0.0000156. The standard InChI is InChI=1S/C82H70N4O.Pt/c1-53-42-77(83-50-68(53)56-26-17-12-18-27-56)86-73-31-20-19-30-64(73)65-36-35-63(49-75(65)86)87-62-29-21-28-61(48-62)84-52-85(74-39-34-57(47-76(74)84)54-22-13-10-14-23-54)78-66(58-32-37-69-71(45-58)80(4,5)41-40-79(69,2)3)43-60(55-24-15-11-16-25-55)44-67(78)59-33-38-70-72(46-59)82(8,9)51-81(70,6)7;/h10-39,42-47,50H,40-41,51H2,1-9H3;/q-2;/i1D3,2D3,3D3,4D3,5D3,6D3,7D3,8D3,9D3,10D,11D,12D,13D,14D,15D,16D,17D,18D,22D,23D,24D,25D,26D,27D,32D,33D,37D,38D,40D2,41D2,45D,46D;. The minimum absolute atomic E-state index is 0. The maximum absolute atomic E-state index is 10.8. The zero-order chi connectivity index (χ0) is 104. The van der Waals surface area contributed by atoms with E-state index in [2.05, 4.69) is 23.4 Å². The van der Waals surface area contributed by atoms with Crippen LogP contribution in [0.5, 0.6) is 11.5 Å². The van der Waals surface area contributed by atoms with Crippen LogP contribution >= 0.6 is 0 Å². The monoisotopic (exact) mass is 1370 g/mol. The normalized spacial score (nSPS) is 26.2. The topological polar surface area (TPSA) is 35.9 Å². The summed E-state index contributed by atoms with van der Waals surface area (Å²) in [5.74, 6) is -0.686. The van der Waals surface area contributed by atoms with Crippen LogP contribution in [0.1, 0.15) is 173 Å². The van der Waals surface area contributed by atoms with Gasteiger partial charge in [0, 0.05) is 92.3 Å². The fourth-order valence-electron chi connectivity index (χ4n) is 11.0. The number of imidazole rings is 1. The van der Waals surface area contributed by atoms with Crippen molar-refractivity contribution in [3.8, 4) is 84.3 Å². The molecule has 0 aliphatic heterocycles. The number of hydrogen-bond donors (Lipinski definition) is 0. The molecule has 5 nitrogen and oxygen atoms in total. The number of hydrogen-bond acceptors (Lipinski definition) is 2. The summed E-state index contributed by atoms with van der Waals surface area (Å²) in [5.41, 5.74) is -37.4. The molecular formula is C82H70N4OPt-2. The first-order valence-electron chi connectivity index (χ1n) is 52.4. The molecular weight excluding hydrogens is 1250 g/mol. The second kappa shape index (κ2) is 21.5. The van der Waals surface area contributed by atoms with Crippen LogP contribution < -0.4 is 9.30 Å². The first-order valence-corrected chi connectivity index (χ1v) is 26.4. The minimum Gasteiger partial charge on any atom is -0.510 e. The predicted molar refractivity (Wildman–Crippen MR) is 358 cm³/mol. The van der Waals surface area contributed by atoms with E-state index in [1.165, 1.54) is 28.8 Å². The number of para-hydroxylation sites is 1. The van der Waals surface area contributed by atoms with Crippen LogP contribution in [0.3, 0.4) is 0 Å². The molecule has 2 aliphatic carbocycles. The average Bonchev–Trinajstić information content (AvgIpc) is 0.801. The smallest absolute Gasteiger partial charge is 0.268 e. The van der Waals surface area contributed by atoms with E-state index in [-0.39, 0.29) is 60.7 Å². The molecule has 0 N–H and O–H groups in total. The van der Waals surface area contributed by atoms with Gasteiger partial charge in [0.15, 0.2) is 0 Å². The van der Waals surface area contributed by atoms with E-state index in [9.17, 15) is 35.6 Å². The Kier molecular flexibility index (Phi) is 5.67. The Labute approximate surface area is 605 Å². The summed E-state index contributed by atoms with van der Waals surface area (Å²) in [6.07, 6.45) is -8.14. The Bertz CT molecular complexity index is 7320. The molecule has 2 aliphatic rings. The molecule has 0 radical (unpaired) electrons. The van der Waals surface area contributed by atoms with Gasteiger partial charge in [-0.1, -0.05) is 218 Å². The van der Waals surface area contributed by atoms with Crippen LogP contribution in [0.15, 0.2) is 224 Å². The molecule has 6 heteroatoms. The van der Waals surface area contributed by atoms with Crippen LogP contribution in [0, 0.1) is 25.3 Å². The third-order valence-corrected chi connectivity index (χ3v) is 15.0. The van der Waals surface area contributed by atoms with Gasteiger partial charge in [-0.05, 0) is 167 Å². The summed E-state index contributed by atoms with van der Waals surface area (Å²) >= 11 is 0. The van der Waals surface area contributed by atoms with Crippen molar-refractivity contribution in [2.75, 3.05) is 0 Å². The summed E-state index contributed by atoms with van der Waals surface area (Å²) in [4.78, 5) is 4.61. The molecule has 15 rings (SSSR count). The average molecular weight is 1370 g/mol. The van der Waals surface area contributed by atoms with Crippen molar-refractivity contribution in [2.24, 2.45) is 0 Å². The number of aryl methyl sites for hydroxylation is 1. The molecule has 436 valence electrons. The molecule has 0 spiro atoms. The first-order chi connectivity index (χ1) is 63.5. The van der Waals surface area contributed by atoms with Crippen LogP contribution in [0.25, 0.3) is 106 Å². The van der Waals surface area contributed by atoms with Gasteiger partial charge in [0.2, 0.25) is 0 Å². The molecule has 0 atom stereocenters. The number of ether oxygens (including phenoxy) is 1. The van der Waals surface area contributed by atoms with Crippen molar-refractivity contribution < 1.29 is 102 Å². The molecule has 0 saturated heterocycles. The number of aromatic nitrogens is 4. The third kappa shape index (κ3) is 9.74. The molecule has 0 bridgehead atoms. The molecule has 3 heterocycles. The van der Waals surface area contributed by atoms with Crippen LogP contribution in [0.2, 0.25) is 0 Å². The van der Waals surface area contributed by atoms with Crippen molar-refractivity contribution in [3.05, 3.63) is 270 Å². The van der Waals surface area contributed by atoms with Gasteiger partial charge >= 0.3 is 0 Å². The maximum Gasteiger partial charge on any atom is 0.268 e. The molecule has 0 unspecified atom stereocenters. The number of pyridine rings is 1. The largest absolute Gasteiger partial charge is 0.510 e. The van der Waals surface area contributed by atoms with Gasteiger partial charge in [0.1, 0.15) is 5.82 Å². The van der Waals surface area contributed by atoms with E-state index in [4.69, 9.17) is 40.4 Å². The van der Waals surface area contributed by atoms with Crippen molar-refractivity contribution >= 4 is 32.8 Å². The van der Waals surface area contributed by atoms with Gasteiger partial charge in [0.25, 0.3) is 6.33 Å². The van der Waals surface area contributed by atoms with Gasteiger partial charge in [-0.25, -0.2) is 4.98 Å². The third-order valence-electron chi connectivity index (χ3n) is 15.0. The van der Waals surface area contributed by atoms with Gasteiger partial charge < -0.3 is 13.9 Å². The Hall–Kier alpha value is -8.89. The van der Waals surface area contributed by atoms with Crippen LogP contribution in [-0.2, 0) is 42.7 Å². The van der Waals surface area contributed by atoms with Crippen molar-refractivity contribution in [1.82, 2.24) is 14.1 Å². The number of benzene rings is 10. The maximum atomic E-state index is 10.8. The number of nitrogens with zero attached hydrogens (tertiary/aromatic N) is 4. The molecule has 13 aromatic rings. The fraction of sp³-hybridized carbons (Fsp3) is 0.195. The second-order valence-electron chi connectivity index (χ2n) is 20.7.